The van der Waals surface area contributed by atoms with Gasteiger partial charge in [0.15, 0.2) is 11.5 Å². The Balaban J connectivity index is 2.11. The summed E-state index contributed by atoms with van der Waals surface area (Å²) in [6.07, 6.45) is 0. The van der Waals surface area contributed by atoms with Crippen molar-refractivity contribution in [2.75, 3.05) is 38.8 Å². The van der Waals surface area contributed by atoms with Crippen LogP contribution in [0.4, 0.5) is 10.5 Å². The third kappa shape index (κ3) is 4.03. The van der Waals surface area contributed by atoms with Gasteiger partial charge in [0, 0.05) is 36.9 Å². The SMILES string of the molecule is COc1ccc(N2CCN(CC(=O)N(C(C)C)C(C)C)C2=O)cc1OC. The summed E-state index contributed by atoms with van der Waals surface area (Å²) in [6.45, 7) is 9.09. The van der Waals surface area contributed by atoms with Crippen molar-refractivity contribution in [3.63, 3.8) is 0 Å². The molecule has 1 aromatic carbocycles. The second-order valence-corrected chi connectivity index (χ2v) is 6.88. The second-order valence-electron chi connectivity index (χ2n) is 6.88. The molecule has 1 saturated heterocycles. The molecule has 144 valence electrons. The average molecular weight is 363 g/mol. The molecule has 1 heterocycles. The van der Waals surface area contributed by atoms with Gasteiger partial charge in [0.2, 0.25) is 5.91 Å². The molecule has 0 spiro atoms. The summed E-state index contributed by atoms with van der Waals surface area (Å²) in [6, 6.07) is 5.40. The smallest absolute Gasteiger partial charge is 0.325 e. The zero-order valence-electron chi connectivity index (χ0n) is 16.5. The lowest BCUT2D eigenvalue weighted by molar-refractivity contribution is -0.135. The Kier molecular flexibility index (Phi) is 6.34. The molecule has 1 fully saturated rings. The topological polar surface area (TPSA) is 62.3 Å². The molecule has 0 unspecified atom stereocenters. The Hall–Kier alpha value is -2.44. The maximum atomic E-state index is 12.8. The predicted molar refractivity (Wildman–Crippen MR) is 101 cm³/mol. The van der Waals surface area contributed by atoms with Gasteiger partial charge >= 0.3 is 6.03 Å². The molecule has 0 saturated carbocycles. The van der Waals surface area contributed by atoms with Crippen molar-refractivity contribution in [1.29, 1.82) is 0 Å². The van der Waals surface area contributed by atoms with Crippen molar-refractivity contribution in [3.8, 4) is 11.5 Å². The molecular formula is C19H29N3O4. The van der Waals surface area contributed by atoms with Crippen molar-refractivity contribution in [2.45, 2.75) is 39.8 Å². The van der Waals surface area contributed by atoms with Gasteiger partial charge in [0.25, 0.3) is 0 Å². The van der Waals surface area contributed by atoms with Crippen molar-refractivity contribution >= 4 is 17.6 Å². The van der Waals surface area contributed by atoms with Crippen LogP contribution in [-0.2, 0) is 4.79 Å². The summed E-state index contributed by atoms with van der Waals surface area (Å²) in [4.78, 5) is 30.5. The highest BCUT2D eigenvalue weighted by Gasteiger charge is 2.33. The number of hydrogen-bond acceptors (Lipinski definition) is 4. The van der Waals surface area contributed by atoms with Crippen LogP contribution in [0.2, 0.25) is 0 Å². The average Bonchev–Trinajstić information content (AvgIpc) is 2.94. The van der Waals surface area contributed by atoms with Gasteiger partial charge in [0.1, 0.15) is 6.54 Å². The maximum Gasteiger partial charge on any atom is 0.325 e. The number of carbonyl (C=O) groups is 2. The van der Waals surface area contributed by atoms with Crippen LogP contribution in [-0.4, -0.2) is 67.7 Å². The molecule has 0 bridgehead atoms. The van der Waals surface area contributed by atoms with Crippen LogP contribution >= 0.6 is 0 Å². The lowest BCUT2D eigenvalue weighted by Crippen LogP contribution is -2.48. The van der Waals surface area contributed by atoms with Gasteiger partial charge in [-0.3, -0.25) is 9.69 Å². The second kappa shape index (κ2) is 8.29. The molecule has 1 aliphatic rings. The zero-order chi connectivity index (χ0) is 19.4. The van der Waals surface area contributed by atoms with Gasteiger partial charge in [-0.15, -0.1) is 0 Å². The molecule has 0 aliphatic carbocycles. The Morgan fingerprint density at radius 2 is 1.69 bits per heavy atom. The van der Waals surface area contributed by atoms with Gasteiger partial charge in [0.05, 0.1) is 14.2 Å². The van der Waals surface area contributed by atoms with E-state index in [9.17, 15) is 9.59 Å². The van der Waals surface area contributed by atoms with E-state index < -0.39 is 0 Å². The van der Waals surface area contributed by atoms with E-state index in [1.165, 1.54) is 0 Å². The molecule has 7 heteroatoms. The number of anilines is 1. The van der Waals surface area contributed by atoms with Crippen molar-refractivity contribution in [3.05, 3.63) is 18.2 Å². The van der Waals surface area contributed by atoms with Gasteiger partial charge in [-0.25, -0.2) is 4.79 Å². The number of ether oxygens (including phenoxy) is 2. The summed E-state index contributed by atoms with van der Waals surface area (Å²) in [5.74, 6) is 1.15. The van der Waals surface area contributed by atoms with E-state index >= 15 is 0 Å². The minimum atomic E-state index is -0.168. The van der Waals surface area contributed by atoms with Crippen LogP contribution < -0.4 is 14.4 Å². The van der Waals surface area contributed by atoms with E-state index in [2.05, 4.69) is 0 Å². The molecule has 0 aromatic heterocycles. The van der Waals surface area contributed by atoms with E-state index in [-0.39, 0.29) is 30.6 Å². The fraction of sp³-hybridized carbons (Fsp3) is 0.579. The van der Waals surface area contributed by atoms with E-state index in [4.69, 9.17) is 9.47 Å². The third-order valence-corrected chi connectivity index (χ3v) is 4.50. The number of benzene rings is 1. The monoisotopic (exact) mass is 363 g/mol. The molecule has 7 nitrogen and oxygen atoms in total. The molecule has 3 amide bonds. The Bertz CT molecular complexity index is 652. The number of nitrogens with zero attached hydrogens (tertiary/aromatic N) is 3. The number of rotatable bonds is 7. The first-order valence-corrected chi connectivity index (χ1v) is 8.89. The number of carbonyl (C=O) groups excluding carboxylic acids is 2. The fourth-order valence-electron chi connectivity index (χ4n) is 3.38. The van der Waals surface area contributed by atoms with Gasteiger partial charge in [-0.1, -0.05) is 0 Å². The summed E-state index contributed by atoms with van der Waals surface area (Å²) in [5, 5.41) is 0. The first kappa shape index (κ1) is 19.9. The summed E-state index contributed by atoms with van der Waals surface area (Å²) < 4.78 is 10.5. The minimum Gasteiger partial charge on any atom is -0.493 e. The highest BCUT2D eigenvalue weighted by molar-refractivity contribution is 5.96. The Morgan fingerprint density at radius 3 is 2.23 bits per heavy atom. The van der Waals surface area contributed by atoms with Crippen LogP contribution in [0.3, 0.4) is 0 Å². The van der Waals surface area contributed by atoms with E-state index in [0.29, 0.717) is 24.6 Å². The first-order valence-electron chi connectivity index (χ1n) is 8.89. The van der Waals surface area contributed by atoms with E-state index in [0.717, 1.165) is 5.69 Å². The highest BCUT2D eigenvalue weighted by Crippen LogP contribution is 2.32. The van der Waals surface area contributed by atoms with Crippen molar-refractivity contribution in [1.82, 2.24) is 9.80 Å². The zero-order valence-corrected chi connectivity index (χ0v) is 16.5. The molecule has 2 rings (SSSR count). The van der Waals surface area contributed by atoms with Crippen LogP contribution in [0.1, 0.15) is 27.7 Å². The number of urea groups is 1. The van der Waals surface area contributed by atoms with E-state index in [1.807, 2.05) is 38.7 Å². The fourth-order valence-corrected chi connectivity index (χ4v) is 3.38. The Labute approximate surface area is 155 Å². The third-order valence-electron chi connectivity index (χ3n) is 4.50. The quantitative estimate of drug-likeness (QED) is 0.747. The van der Waals surface area contributed by atoms with Gasteiger partial charge in [-0.05, 0) is 39.8 Å². The summed E-state index contributed by atoms with van der Waals surface area (Å²) >= 11 is 0. The lowest BCUT2D eigenvalue weighted by atomic mass is 10.2. The van der Waals surface area contributed by atoms with Gasteiger partial charge < -0.3 is 19.3 Å². The van der Waals surface area contributed by atoms with Crippen LogP contribution in [0, 0.1) is 0 Å². The molecule has 0 atom stereocenters. The normalized spacial score (nSPS) is 14.4. The van der Waals surface area contributed by atoms with Gasteiger partial charge in [-0.2, -0.15) is 0 Å². The molecule has 26 heavy (non-hydrogen) atoms. The van der Waals surface area contributed by atoms with Crippen LogP contribution in [0.25, 0.3) is 0 Å². The number of amides is 3. The van der Waals surface area contributed by atoms with Crippen molar-refractivity contribution < 1.29 is 19.1 Å². The molecule has 0 radical (unpaired) electrons. The van der Waals surface area contributed by atoms with Crippen molar-refractivity contribution in [2.24, 2.45) is 0 Å². The lowest BCUT2D eigenvalue weighted by Gasteiger charge is -2.32. The summed E-state index contributed by atoms with van der Waals surface area (Å²) in [7, 11) is 3.13. The predicted octanol–water partition coefficient (Wildman–Crippen LogP) is 2.59. The number of methoxy groups -OCH3 is 2. The van der Waals surface area contributed by atoms with Crippen LogP contribution in [0.15, 0.2) is 18.2 Å². The Morgan fingerprint density at radius 1 is 1.08 bits per heavy atom. The highest BCUT2D eigenvalue weighted by atomic mass is 16.5. The summed E-state index contributed by atoms with van der Waals surface area (Å²) in [5.41, 5.74) is 0.729. The standard InChI is InChI=1S/C19H29N3O4/c1-13(2)22(14(3)4)18(23)12-20-9-10-21(19(20)24)15-7-8-16(25-5)17(11-15)26-6/h7-8,11,13-14H,9-10,12H2,1-6H3. The number of hydrogen-bond donors (Lipinski definition) is 0. The maximum absolute atomic E-state index is 12.8. The minimum absolute atomic E-state index is 0.0301. The molecule has 1 aromatic rings. The molecule has 1 aliphatic heterocycles. The van der Waals surface area contributed by atoms with E-state index in [1.54, 1.807) is 36.2 Å². The largest absolute Gasteiger partial charge is 0.493 e. The first-order chi connectivity index (χ1) is 12.3. The molecular weight excluding hydrogens is 334 g/mol. The van der Waals surface area contributed by atoms with Crippen LogP contribution in [0.5, 0.6) is 11.5 Å². The molecule has 0 N–H and O–H groups in total.